The minimum atomic E-state index is -4.98. The Labute approximate surface area is 132 Å². The van der Waals surface area contributed by atoms with Crippen LogP contribution in [0.3, 0.4) is 0 Å². The molecule has 106 valence electrons. The van der Waals surface area contributed by atoms with Crippen LogP contribution < -0.4 is 34.3 Å². The SMILES string of the molecule is O=S(=O)([O-])c1cccc(OC(F)(F)C(F)=C(F)F)c1.[Na+]. The third-order valence-electron chi connectivity index (χ3n) is 1.76. The predicted molar refractivity (Wildman–Crippen MR) is 50.3 cm³/mol. The molecule has 0 spiro atoms. The van der Waals surface area contributed by atoms with Crippen molar-refractivity contribution in [1.82, 2.24) is 0 Å². The molecule has 0 saturated carbocycles. The van der Waals surface area contributed by atoms with Crippen LogP contribution in [-0.2, 0) is 10.1 Å². The summed E-state index contributed by atoms with van der Waals surface area (Å²) in [6.45, 7) is 0. The molecular weight excluding hydrogens is 322 g/mol. The van der Waals surface area contributed by atoms with E-state index in [0.717, 1.165) is 18.2 Å². The standard InChI is InChI=1S/C9H5F5O4S.Na/c10-7(8(11)12)9(13,14)18-5-2-1-3-6(4-5)19(15,16)17;/h1-4H,(H,15,16,17);/q;+1/p-1. The fourth-order valence-electron chi connectivity index (χ4n) is 0.996. The third kappa shape index (κ3) is 5.02. The van der Waals surface area contributed by atoms with Gasteiger partial charge in [0.15, 0.2) is 0 Å². The second-order valence-corrected chi connectivity index (χ2v) is 4.50. The molecule has 0 amide bonds. The predicted octanol–water partition coefficient (Wildman–Crippen LogP) is -0.356. The average molecular weight is 326 g/mol. The van der Waals surface area contributed by atoms with Crippen LogP contribution in [0.5, 0.6) is 5.75 Å². The number of rotatable bonds is 4. The molecule has 0 aromatic heterocycles. The van der Waals surface area contributed by atoms with E-state index in [1.807, 2.05) is 0 Å². The average Bonchev–Trinajstić information content (AvgIpc) is 2.26. The van der Waals surface area contributed by atoms with E-state index in [1.54, 1.807) is 0 Å². The molecule has 0 fully saturated rings. The summed E-state index contributed by atoms with van der Waals surface area (Å²) in [5.41, 5.74) is 0. The molecule has 20 heavy (non-hydrogen) atoms. The van der Waals surface area contributed by atoms with E-state index >= 15 is 0 Å². The summed E-state index contributed by atoms with van der Waals surface area (Å²) < 4.78 is 96.8. The number of hydrogen-bond acceptors (Lipinski definition) is 4. The van der Waals surface area contributed by atoms with E-state index in [1.165, 1.54) is 0 Å². The zero-order valence-electron chi connectivity index (χ0n) is 9.74. The first-order valence-corrected chi connectivity index (χ1v) is 5.79. The van der Waals surface area contributed by atoms with Crippen LogP contribution in [0.15, 0.2) is 41.1 Å². The third-order valence-corrected chi connectivity index (χ3v) is 2.59. The molecule has 0 unspecified atom stereocenters. The van der Waals surface area contributed by atoms with Crippen LogP contribution >= 0.6 is 0 Å². The minimum absolute atomic E-state index is 0. The molecule has 1 aromatic rings. The van der Waals surface area contributed by atoms with E-state index in [0.29, 0.717) is 6.07 Å². The number of benzene rings is 1. The first kappa shape index (κ1) is 19.3. The van der Waals surface area contributed by atoms with Gasteiger partial charge in [0, 0.05) is 0 Å². The van der Waals surface area contributed by atoms with Gasteiger partial charge in [0.1, 0.15) is 15.9 Å². The molecule has 1 rings (SSSR count). The summed E-state index contributed by atoms with van der Waals surface area (Å²) in [6, 6.07) is 2.73. The number of halogens is 5. The molecule has 0 heterocycles. The van der Waals surface area contributed by atoms with Gasteiger partial charge in [-0.25, -0.2) is 8.42 Å². The largest absolute Gasteiger partial charge is 1.00 e. The smallest absolute Gasteiger partial charge is 0.744 e. The number of hydrogen-bond donors (Lipinski definition) is 0. The quantitative estimate of drug-likeness (QED) is 0.431. The fourth-order valence-corrected chi connectivity index (χ4v) is 1.50. The minimum Gasteiger partial charge on any atom is -0.744 e. The Bertz CT molecular complexity index is 613. The summed E-state index contributed by atoms with van der Waals surface area (Å²) in [4.78, 5) is -0.925. The molecule has 0 N–H and O–H groups in total. The van der Waals surface area contributed by atoms with Crippen molar-refractivity contribution in [2.45, 2.75) is 11.0 Å². The maximum absolute atomic E-state index is 12.8. The van der Waals surface area contributed by atoms with Gasteiger partial charge in [-0.2, -0.15) is 22.0 Å². The summed E-state index contributed by atoms with van der Waals surface area (Å²) >= 11 is 0. The van der Waals surface area contributed by atoms with Gasteiger partial charge in [0.2, 0.25) is 0 Å². The van der Waals surface area contributed by atoms with E-state index in [9.17, 15) is 34.9 Å². The Morgan fingerprint density at radius 1 is 1.20 bits per heavy atom. The normalized spacial score (nSPS) is 11.5. The van der Waals surface area contributed by atoms with E-state index < -0.39 is 38.8 Å². The van der Waals surface area contributed by atoms with Crippen LogP contribution in [-0.4, -0.2) is 19.1 Å². The topological polar surface area (TPSA) is 66.4 Å². The van der Waals surface area contributed by atoms with Crippen LogP contribution in [0.2, 0.25) is 0 Å². The van der Waals surface area contributed by atoms with Gasteiger partial charge in [-0.1, -0.05) is 6.07 Å². The van der Waals surface area contributed by atoms with Crippen molar-refractivity contribution < 1.29 is 69.2 Å². The van der Waals surface area contributed by atoms with Crippen LogP contribution in [0.4, 0.5) is 22.0 Å². The second-order valence-electron chi connectivity index (χ2n) is 3.12. The Kier molecular flexibility index (Phi) is 6.62. The van der Waals surface area contributed by atoms with Gasteiger partial charge in [0.25, 0.3) is 5.83 Å². The van der Waals surface area contributed by atoms with Crippen LogP contribution in [0.25, 0.3) is 0 Å². The zero-order chi connectivity index (χ0) is 14.8. The first-order chi connectivity index (χ1) is 8.54. The maximum Gasteiger partial charge on any atom is 1.00 e. The number of alkyl halides is 2. The van der Waals surface area contributed by atoms with Gasteiger partial charge >= 0.3 is 41.7 Å². The first-order valence-electron chi connectivity index (χ1n) is 4.38. The fraction of sp³-hybridized carbons (Fsp3) is 0.111. The second kappa shape index (κ2) is 6.85. The molecule has 0 radical (unpaired) electrons. The molecule has 0 bridgehead atoms. The van der Waals surface area contributed by atoms with Crippen LogP contribution in [0.1, 0.15) is 0 Å². The molecule has 0 aliphatic heterocycles. The van der Waals surface area contributed by atoms with Gasteiger partial charge in [-0.15, -0.1) is 0 Å². The van der Waals surface area contributed by atoms with Crippen molar-refractivity contribution in [3.8, 4) is 5.75 Å². The molecule has 11 heteroatoms. The monoisotopic (exact) mass is 326 g/mol. The summed E-state index contributed by atoms with van der Waals surface area (Å²) in [5, 5.41) is 0. The van der Waals surface area contributed by atoms with E-state index in [-0.39, 0.29) is 29.6 Å². The molecule has 0 saturated heterocycles. The van der Waals surface area contributed by atoms with Gasteiger partial charge in [-0.05, 0) is 18.2 Å². The zero-order valence-corrected chi connectivity index (χ0v) is 12.6. The van der Waals surface area contributed by atoms with Crippen molar-refractivity contribution in [3.63, 3.8) is 0 Å². The van der Waals surface area contributed by atoms with Gasteiger partial charge in [0.05, 0.1) is 4.90 Å². The number of ether oxygens (including phenoxy) is 1. The van der Waals surface area contributed by atoms with E-state index in [2.05, 4.69) is 4.74 Å². The van der Waals surface area contributed by atoms with Crippen molar-refractivity contribution in [1.29, 1.82) is 0 Å². The molecule has 0 atom stereocenters. The van der Waals surface area contributed by atoms with Crippen molar-refractivity contribution in [3.05, 3.63) is 36.2 Å². The van der Waals surface area contributed by atoms with Gasteiger partial charge < -0.3 is 9.29 Å². The molecule has 4 nitrogen and oxygen atoms in total. The van der Waals surface area contributed by atoms with Gasteiger partial charge in [-0.3, -0.25) is 0 Å². The van der Waals surface area contributed by atoms with Crippen LogP contribution in [0, 0.1) is 0 Å². The molecular formula is C9H4F5NaO4S. The summed E-state index contributed by atoms with van der Waals surface area (Å²) in [6.07, 6.45) is -8.26. The molecule has 0 aliphatic carbocycles. The Morgan fingerprint density at radius 3 is 2.20 bits per heavy atom. The Balaban J connectivity index is 0.00000361. The summed E-state index contributed by atoms with van der Waals surface area (Å²) in [5.74, 6) is -4.07. The van der Waals surface area contributed by atoms with Crippen molar-refractivity contribution in [2.75, 3.05) is 0 Å². The maximum atomic E-state index is 12.8. The Morgan fingerprint density at radius 2 is 1.75 bits per heavy atom. The summed E-state index contributed by atoms with van der Waals surface area (Å²) in [7, 11) is -4.95. The van der Waals surface area contributed by atoms with E-state index in [4.69, 9.17) is 0 Å². The molecule has 1 aromatic carbocycles. The van der Waals surface area contributed by atoms with Crippen molar-refractivity contribution >= 4 is 10.1 Å². The molecule has 0 aliphatic rings. The Hall–Kier alpha value is -0.680. The van der Waals surface area contributed by atoms with Crippen molar-refractivity contribution in [2.24, 2.45) is 0 Å².